The molecule has 0 N–H and O–H groups in total. The van der Waals surface area contributed by atoms with Crippen LogP contribution in [-0.4, -0.2) is 92.2 Å². The van der Waals surface area contributed by atoms with Crippen LogP contribution in [0.5, 0.6) is 0 Å². The lowest BCUT2D eigenvalue weighted by Gasteiger charge is -2.39. The second kappa shape index (κ2) is 9.69. The van der Waals surface area contributed by atoms with Gasteiger partial charge in [-0.2, -0.15) is 0 Å². The van der Waals surface area contributed by atoms with E-state index < -0.39 is 6.04 Å². The summed E-state index contributed by atoms with van der Waals surface area (Å²) in [6.07, 6.45) is 0.0889. The summed E-state index contributed by atoms with van der Waals surface area (Å²) in [5.41, 5.74) is 0.753. The van der Waals surface area contributed by atoms with Crippen molar-refractivity contribution in [2.75, 3.05) is 59.5 Å². The predicted molar refractivity (Wildman–Crippen MR) is 106 cm³/mol. The fraction of sp³-hybridized carbons (Fsp3) is 0.600. The molecule has 0 radical (unpaired) electrons. The number of rotatable bonds is 5. The van der Waals surface area contributed by atoms with E-state index in [0.717, 1.165) is 5.56 Å². The Morgan fingerprint density at radius 1 is 1.21 bits per heavy atom. The topological polar surface area (TPSA) is 62.3 Å². The van der Waals surface area contributed by atoms with Crippen molar-refractivity contribution in [2.45, 2.75) is 19.1 Å². The summed E-state index contributed by atoms with van der Waals surface area (Å²) < 4.78 is 10.5. The first-order valence-electron chi connectivity index (χ1n) is 9.67. The van der Waals surface area contributed by atoms with Crippen molar-refractivity contribution in [3.63, 3.8) is 0 Å². The van der Waals surface area contributed by atoms with Crippen LogP contribution >= 0.6 is 11.6 Å². The van der Waals surface area contributed by atoms with Crippen LogP contribution < -0.4 is 0 Å². The highest BCUT2D eigenvalue weighted by Gasteiger charge is 2.33. The quantitative estimate of drug-likeness (QED) is 0.685. The number of piperazine rings is 1. The zero-order valence-corrected chi connectivity index (χ0v) is 17.2. The Hall–Kier alpha value is -1.67. The summed E-state index contributed by atoms with van der Waals surface area (Å²) >= 11 is 6.33. The molecule has 2 unspecified atom stereocenters. The number of amides is 1. The van der Waals surface area contributed by atoms with Gasteiger partial charge in [-0.25, -0.2) is 4.79 Å². The van der Waals surface area contributed by atoms with Crippen molar-refractivity contribution in [2.24, 2.45) is 0 Å². The van der Waals surface area contributed by atoms with Gasteiger partial charge in [0.25, 0.3) is 0 Å². The molecule has 1 amide bonds. The molecule has 0 aromatic heterocycles. The van der Waals surface area contributed by atoms with Gasteiger partial charge < -0.3 is 14.4 Å². The smallest absolute Gasteiger partial charge is 0.327 e. The molecular formula is C20H28ClN3O4. The number of carbonyl (C=O) groups excluding carboxylic acids is 2. The normalized spacial score (nSPS) is 22.7. The van der Waals surface area contributed by atoms with Gasteiger partial charge in [0, 0.05) is 44.3 Å². The molecule has 8 heteroatoms. The minimum absolute atomic E-state index is 0.0889. The summed E-state index contributed by atoms with van der Waals surface area (Å²) in [6.45, 7) is 7.03. The number of hydrogen-bond acceptors (Lipinski definition) is 6. The number of halogens is 1. The molecule has 2 heterocycles. The van der Waals surface area contributed by atoms with E-state index in [1.807, 2.05) is 30.0 Å². The number of carbonyl (C=O) groups is 2. The maximum atomic E-state index is 12.6. The molecule has 2 fully saturated rings. The molecule has 3 rings (SSSR count). The lowest BCUT2D eigenvalue weighted by Crippen LogP contribution is -2.53. The predicted octanol–water partition coefficient (Wildman–Crippen LogP) is 1.42. The molecule has 1 aromatic carbocycles. The highest BCUT2D eigenvalue weighted by Crippen LogP contribution is 2.29. The second-order valence-electron chi connectivity index (χ2n) is 7.28. The molecule has 0 bridgehead atoms. The maximum absolute atomic E-state index is 12.6. The number of benzene rings is 1. The van der Waals surface area contributed by atoms with E-state index >= 15 is 0 Å². The van der Waals surface area contributed by atoms with E-state index in [1.54, 1.807) is 6.07 Å². The van der Waals surface area contributed by atoms with Gasteiger partial charge in [0.15, 0.2) is 0 Å². The fourth-order valence-corrected chi connectivity index (χ4v) is 4.04. The largest absolute Gasteiger partial charge is 0.468 e. The number of methoxy groups -OCH3 is 1. The average molecular weight is 410 g/mol. The summed E-state index contributed by atoms with van der Waals surface area (Å²) in [5.74, 6) is -0.181. The molecule has 0 saturated carbocycles. The Morgan fingerprint density at radius 2 is 1.93 bits per heavy atom. The van der Waals surface area contributed by atoms with Gasteiger partial charge in [0.05, 0.1) is 26.4 Å². The van der Waals surface area contributed by atoms with Crippen LogP contribution in [0.4, 0.5) is 0 Å². The third-order valence-corrected chi connectivity index (χ3v) is 5.69. The molecule has 154 valence electrons. The lowest BCUT2D eigenvalue weighted by atomic mass is 10.0. The molecule has 2 atom stereocenters. The average Bonchev–Trinajstić information content (AvgIpc) is 2.70. The Bertz CT molecular complexity index is 694. The van der Waals surface area contributed by atoms with Gasteiger partial charge in [-0.05, 0) is 18.6 Å². The summed E-state index contributed by atoms with van der Waals surface area (Å²) in [6, 6.07) is 6.83. The number of morpholine rings is 1. The van der Waals surface area contributed by atoms with Crippen molar-refractivity contribution in [1.29, 1.82) is 0 Å². The van der Waals surface area contributed by atoms with Crippen LogP contribution in [0.25, 0.3) is 0 Å². The number of ether oxygens (including phenoxy) is 2. The van der Waals surface area contributed by atoms with Crippen LogP contribution in [0.3, 0.4) is 0 Å². The first kappa shape index (κ1) is 21.0. The Labute approximate surface area is 171 Å². The molecule has 7 nitrogen and oxygen atoms in total. The minimum Gasteiger partial charge on any atom is -0.468 e. The molecule has 2 saturated heterocycles. The fourth-order valence-electron chi connectivity index (χ4n) is 3.80. The number of nitrogens with zero attached hydrogens (tertiary/aromatic N) is 3. The zero-order valence-electron chi connectivity index (χ0n) is 16.5. The second-order valence-corrected chi connectivity index (χ2v) is 7.69. The number of esters is 1. The molecule has 2 aliphatic rings. The minimum atomic E-state index is -0.531. The van der Waals surface area contributed by atoms with Gasteiger partial charge >= 0.3 is 5.97 Å². The Morgan fingerprint density at radius 3 is 2.57 bits per heavy atom. The van der Waals surface area contributed by atoms with Crippen LogP contribution in [0, 0.1) is 0 Å². The van der Waals surface area contributed by atoms with Crippen molar-refractivity contribution >= 4 is 23.5 Å². The number of hydrogen-bond donors (Lipinski definition) is 0. The van der Waals surface area contributed by atoms with Gasteiger partial charge in [-0.1, -0.05) is 29.8 Å². The van der Waals surface area contributed by atoms with Crippen LogP contribution in [0.1, 0.15) is 18.5 Å². The van der Waals surface area contributed by atoms with E-state index in [-0.39, 0.29) is 18.0 Å². The third kappa shape index (κ3) is 5.03. The van der Waals surface area contributed by atoms with E-state index in [0.29, 0.717) is 57.4 Å². The van der Waals surface area contributed by atoms with Crippen molar-refractivity contribution < 1.29 is 19.1 Å². The van der Waals surface area contributed by atoms with Crippen molar-refractivity contribution in [3.8, 4) is 0 Å². The third-order valence-electron chi connectivity index (χ3n) is 5.35. The molecule has 28 heavy (non-hydrogen) atoms. The first-order chi connectivity index (χ1) is 13.5. The van der Waals surface area contributed by atoms with E-state index in [1.165, 1.54) is 7.11 Å². The van der Waals surface area contributed by atoms with Crippen LogP contribution in [0.2, 0.25) is 5.02 Å². The van der Waals surface area contributed by atoms with Gasteiger partial charge in [0.2, 0.25) is 5.91 Å². The van der Waals surface area contributed by atoms with E-state index in [9.17, 15) is 9.59 Å². The Kier molecular flexibility index (Phi) is 7.29. The molecule has 0 spiro atoms. The zero-order chi connectivity index (χ0) is 20.1. The summed E-state index contributed by atoms with van der Waals surface area (Å²) in [5, 5.41) is 0.553. The maximum Gasteiger partial charge on any atom is 0.327 e. The molecule has 0 aliphatic carbocycles. The van der Waals surface area contributed by atoms with Gasteiger partial charge in [0.1, 0.15) is 6.04 Å². The monoisotopic (exact) mass is 409 g/mol. The van der Waals surface area contributed by atoms with Crippen LogP contribution in [-0.2, 0) is 19.1 Å². The summed E-state index contributed by atoms with van der Waals surface area (Å²) in [7, 11) is 1.39. The molecule has 2 aliphatic heterocycles. The lowest BCUT2D eigenvalue weighted by molar-refractivity contribution is -0.149. The molecule has 1 aromatic rings. The standard InChI is InChI=1S/C20H28ClN3O4/c1-15-13-24(11-12-28-15)18(25)14-22-7-9-23(10-8-22)19(20(26)27-2)16-5-3-4-6-17(16)21/h3-6,15,19H,7-14H2,1-2H3. The summed E-state index contributed by atoms with van der Waals surface area (Å²) in [4.78, 5) is 31.1. The Balaban J connectivity index is 1.59. The molecular weight excluding hydrogens is 382 g/mol. The van der Waals surface area contributed by atoms with Gasteiger partial charge in [-0.15, -0.1) is 0 Å². The van der Waals surface area contributed by atoms with Crippen LogP contribution in [0.15, 0.2) is 24.3 Å². The van der Waals surface area contributed by atoms with E-state index in [2.05, 4.69) is 9.80 Å². The highest BCUT2D eigenvalue weighted by atomic mass is 35.5. The van der Waals surface area contributed by atoms with Crippen molar-refractivity contribution in [3.05, 3.63) is 34.9 Å². The van der Waals surface area contributed by atoms with Crippen molar-refractivity contribution in [1.82, 2.24) is 14.7 Å². The SMILES string of the molecule is COC(=O)C(c1ccccc1Cl)N1CCN(CC(=O)N2CCOC(C)C2)CC1. The first-order valence-corrected chi connectivity index (χ1v) is 10.1. The highest BCUT2D eigenvalue weighted by molar-refractivity contribution is 6.31. The van der Waals surface area contributed by atoms with E-state index in [4.69, 9.17) is 21.1 Å². The van der Waals surface area contributed by atoms with Gasteiger partial charge in [-0.3, -0.25) is 14.6 Å².